The van der Waals surface area contributed by atoms with Gasteiger partial charge in [-0.15, -0.1) is 0 Å². The fraction of sp³-hybridized carbons (Fsp3) is 0.333. The van der Waals surface area contributed by atoms with Crippen molar-refractivity contribution in [3.8, 4) is 0 Å². The first-order chi connectivity index (χ1) is 4.75. The molecule has 0 atom stereocenters. The molecule has 0 saturated heterocycles. The lowest BCUT2D eigenvalue weighted by atomic mass is 10.5. The Labute approximate surface area is 58.8 Å². The van der Waals surface area contributed by atoms with Crippen LogP contribution < -0.4 is 0 Å². The molecule has 1 heterocycles. The Morgan fingerprint density at radius 2 is 2.50 bits per heavy atom. The molecule has 0 unspecified atom stereocenters. The number of rotatable bonds is 1. The van der Waals surface area contributed by atoms with Crippen LogP contribution >= 0.6 is 0 Å². The largest absolute Gasteiger partial charge is 0.411 e. The van der Waals surface area contributed by atoms with Crippen LogP contribution in [-0.4, -0.2) is 21.0 Å². The van der Waals surface area contributed by atoms with Gasteiger partial charge in [0, 0.05) is 7.05 Å². The smallest absolute Gasteiger partial charge is 0.105 e. The van der Waals surface area contributed by atoms with Gasteiger partial charge >= 0.3 is 0 Å². The van der Waals surface area contributed by atoms with Gasteiger partial charge in [-0.2, -0.15) is 0 Å². The van der Waals surface area contributed by atoms with Crippen LogP contribution in [0.5, 0.6) is 0 Å². The predicted molar refractivity (Wildman–Crippen MR) is 37.3 cm³/mol. The molecule has 0 bridgehead atoms. The van der Waals surface area contributed by atoms with Crippen molar-refractivity contribution in [1.82, 2.24) is 9.55 Å². The monoisotopic (exact) mass is 139 g/mol. The average Bonchev–Trinajstić information content (AvgIpc) is 2.20. The Balaban J connectivity index is 3.05. The summed E-state index contributed by atoms with van der Waals surface area (Å²) in [5, 5.41) is 11.1. The quantitative estimate of drug-likeness (QED) is 0.350. The fourth-order valence-corrected chi connectivity index (χ4v) is 0.699. The molecule has 0 aliphatic carbocycles. The molecule has 4 nitrogen and oxygen atoms in total. The van der Waals surface area contributed by atoms with Gasteiger partial charge in [-0.3, -0.25) is 0 Å². The van der Waals surface area contributed by atoms with E-state index in [0.29, 0.717) is 0 Å². The third-order valence-electron chi connectivity index (χ3n) is 1.45. The average molecular weight is 139 g/mol. The van der Waals surface area contributed by atoms with Crippen molar-refractivity contribution in [3.05, 3.63) is 17.7 Å². The molecule has 0 fully saturated rings. The Morgan fingerprint density at radius 1 is 1.80 bits per heavy atom. The van der Waals surface area contributed by atoms with Gasteiger partial charge in [0.2, 0.25) is 0 Å². The summed E-state index contributed by atoms with van der Waals surface area (Å²) >= 11 is 0. The van der Waals surface area contributed by atoms with E-state index < -0.39 is 0 Å². The summed E-state index contributed by atoms with van der Waals surface area (Å²) in [6, 6.07) is 0. The molecule has 1 aromatic rings. The van der Waals surface area contributed by atoms with Crippen LogP contribution in [0.2, 0.25) is 0 Å². The van der Waals surface area contributed by atoms with Gasteiger partial charge in [-0.25, -0.2) is 4.98 Å². The van der Waals surface area contributed by atoms with Crippen LogP contribution in [0, 0.1) is 6.92 Å². The molecule has 0 spiro atoms. The highest BCUT2D eigenvalue weighted by Gasteiger charge is 1.97. The molecular formula is C6H9N3O. The number of aryl methyl sites for hydroxylation is 1. The zero-order valence-electron chi connectivity index (χ0n) is 5.94. The standard InChI is InChI=1S/C6H9N3O/c1-5-7-3-6(4-8-10)9(5)2/h3-4,10H,1-2H3/b8-4+. The minimum absolute atomic E-state index is 0.792. The van der Waals surface area contributed by atoms with E-state index in [1.165, 1.54) is 6.21 Å². The van der Waals surface area contributed by atoms with Crippen LogP contribution in [0.25, 0.3) is 0 Å². The van der Waals surface area contributed by atoms with E-state index in [4.69, 9.17) is 5.21 Å². The summed E-state index contributed by atoms with van der Waals surface area (Å²) in [7, 11) is 1.86. The van der Waals surface area contributed by atoms with Gasteiger partial charge < -0.3 is 9.77 Å². The second kappa shape index (κ2) is 2.51. The van der Waals surface area contributed by atoms with Crippen LogP contribution in [0.1, 0.15) is 11.5 Å². The van der Waals surface area contributed by atoms with Crippen molar-refractivity contribution in [2.75, 3.05) is 0 Å². The molecule has 0 radical (unpaired) electrons. The molecule has 1 aromatic heterocycles. The maximum atomic E-state index is 8.18. The molecular weight excluding hydrogens is 130 g/mol. The van der Waals surface area contributed by atoms with E-state index in [9.17, 15) is 0 Å². The van der Waals surface area contributed by atoms with Crippen molar-refractivity contribution < 1.29 is 5.21 Å². The first kappa shape index (κ1) is 6.80. The molecule has 0 aliphatic rings. The molecule has 0 saturated carbocycles. The lowest BCUT2D eigenvalue weighted by molar-refractivity contribution is 0.321. The summed E-state index contributed by atoms with van der Waals surface area (Å²) in [6.07, 6.45) is 3.00. The molecule has 4 heteroatoms. The van der Waals surface area contributed by atoms with E-state index in [-0.39, 0.29) is 0 Å². The second-order valence-electron chi connectivity index (χ2n) is 2.03. The lowest BCUT2D eigenvalue weighted by Crippen LogP contribution is -1.96. The van der Waals surface area contributed by atoms with Crippen molar-refractivity contribution >= 4 is 6.21 Å². The van der Waals surface area contributed by atoms with Crippen molar-refractivity contribution in [1.29, 1.82) is 0 Å². The Bertz CT molecular complexity index is 251. The topological polar surface area (TPSA) is 50.4 Å². The summed E-state index contributed by atoms with van der Waals surface area (Å²) in [5.74, 6) is 0.898. The maximum Gasteiger partial charge on any atom is 0.105 e. The predicted octanol–water partition coefficient (Wildman–Crippen LogP) is 0.537. The van der Waals surface area contributed by atoms with Crippen molar-refractivity contribution in [2.45, 2.75) is 6.92 Å². The van der Waals surface area contributed by atoms with Crippen LogP contribution in [0.4, 0.5) is 0 Å². The molecule has 1 N–H and O–H groups in total. The minimum atomic E-state index is 0.792. The molecule has 0 aromatic carbocycles. The van der Waals surface area contributed by atoms with Gasteiger partial charge in [-0.05, 0) is 6.92 Å². The van der Waals surface area contributed by atoms with E-state index in [1.807, 2.05) is 18.5 Å². The third-order valence-corrected chi connectivity index (χ3v) is 1.45. The van der Waals surface area contributed by atoms with Gasteiger partial charge in [0.1, 0.15) is 5.82 Å². The van der Waals surface area contributed by atoms with E-state index >= 15 is 0 Å². The number of hydrogen-bond donors (Lipinski definition) is 1. The van der Waals surface area contributed by atoms with Crippen molar-refractivity contribution in [2.24, 2.45) is 12.2 Å². The second-order valence-corrected chi connectivity index (χ2v) is 2.03. The van der Waals surface area contributed by atoms with Gasteiger partial charge in [0.05, 0.1) is 18.1 Å². The van der Waals surface area contributed by atoms with E-state index in [0.717, 1.165) is 11.5 Å². The Kier molecular flexibility index (Phi) is 1.71. The summed E-state index contributed by atoms with van der Waals surface area (Å²) in [4.78, 5) is 4.00. The normalized spacial score (nSPS) is 11.0. The maximum absolute atomic E-state index is 8.18. The molecule has 0 aliphatic heterocycles. The number of nitrogens with zero attached hydrogens (tertiary/aromatic N) is 3. The molecule has 54 valence electrons. The number of aromatic nitrogens is 2. The van der Waals surface area contributed by atoms with Gasteiger partial charge in [0.15, 0.2) is 0 Å². The number of oxime groups is 1. The highest BCUT2D eigenvalue weighted by Crippen LogP contribution is 1.97. The minimum Gasteiger partial charge on any atom is -0.411 e. The molecule has 10 heavy (non-hydrogen) atoms. The SMILES string of the molecule is Cc1ncc(/C=N/O)n1C. The van der Waals surface area contributed by atoms with Gasteiger partial charge in [0.25, 0.3) is 0 Å². The summed E-state index contributed by atoms with van der Waals surface area (Å²) < 4.78 is 1.83. The highest BCUT2D eigenvalue weighted by molar-refractivity contribution is 5.76. The zero-order chi connectivity index (χ0) is 7.56. The van der Waals surface area contributed by atoms with Crippen LogP contribution in [-0.2, 0) is 7.05 Å². The Hall–Kier alpha value is -1.32. The molecule has 0 amide bonds. The summed E-state index contributed by atoms with van der Waals surface area (Å²) in [5.41, 5.74) is 0.792. The van der Waals surface area contributed by atoms with E-state index in [1.54, 1.807) is 6.20 Å². The third kappa shape index (κ3) is 1.00. The van der Waals surface area contributed by atoms with E-state index in [2.05, 4.69) is 10.1 Å². The number of imidazole rings is 1. The lowest BCUT2D eigenvalue weighted by Gasteiger charge is -1.94. The Morgan fingerprint density at radius 3 is 2.90 bits per heavy atom. The highest BCUT2D eigenvalue weighted by atomic mass is 16.4. The first-order valence-corrected chi connectivity index (χ1v) is 2.91. The van der Waals surface area contributed by atoms with Crippen LogP contribution in [0.3, 0.4) is 0 Å². The summed E-state index contributed by atoms with van der Waals surface area (Å²) in [6.45, 7) is 1.88. The van der Waals surface area contributed by atoms with Crippen molar-refractivity contribution in [3.63, 3.8) is 0 Å². The van der Waals surface area contributed by atoms with Gasteiger partial charge in [-0.1, -0.05) is 5.16 Å². The first-order valence-electron chi connectivity index (χ1n) is 2.91. The number of hydrogen-bond acceptors (Lipinski definition) is 3. The van der Waals surface area contributed by atoms with Crippen LogP contribution in [0.15, 0.2) is 11.4 Å². The fourth-order valence-electron chi connectivity index (χ4n) is 0.699. The molecule has 1 rings (SSSR count). The zero-order valence-corrected chi connectivity index (χ0v) is 5.94.